The Kier molecular flexibility index (Phi) is 6.73. The van der Waals surface area contributed by atoms with Crippen LogP contribution in [-0.2, 0) is 11.3 Å². The highest BCUT2D eigenvalue weighted by molar-refractivity contribution is 6.31. The second-order valence-corrected chi connectivity index (χ2v) is 5.86. The number of rotatable bonds is 7. The van der Waals surface area contributed by atoms with Crippen LogP contribution in [0.4, 0.5) is 14.5 Å². The van der Waals surface area contributed by atoms with Crippen molar-refractivity contribution in [2.45, 2.75) is 13.5 Å². The second kappa shape index (κ2) is 8.78. The molecule has 2 rings (SSSR count). The molecule has 1 amide bonds. The molecule has 0 saturated heterocycles. The van der Waals surface area contributed by atoms with Crippen LogP contribution in [0.1, 0.15) is 12.5 Å². The highest BCUT2D eigenvalue weighted by atomic mass is 35.5. The number of amides is 1. The topological polar surface area (TPSA) is 41.6 Å². The number of anilines is 1. The van der Waals surface area contributed by atoms with Crippen molar-refractivity contribution in [1.82, 2.24) is 4.90 Å². The van der Waals surface area contributed by atoms with E-state index in [2.05, 4.69) is 5.32 Å². The molecule has 0 aromatic heterocycles. The number of benzene rings is 2. The van der Waals surface area contributed by atoms with Gasteiger partial charge < -0.3 is 10.1 Å². The van der Waals surface area contributed by atoms with Crippen LogP contribution in [0.5, 0.6) is 5.75 Å². The third-order valence-electron chi connectivity index (χ3n) is 3.64. The number of likely N-dealkylation sites (N-methyl/N-ethyl adjacent to an activating group) is 1. The van der Waals surface area contributed by atoms with Crippen molar-refractivity contribution >= 4 is 23.2 Å². The fraction of sp³-hybridized carbons (Fsp3) is 0.278. The minimum absolute atomic E-state index is 0.0566. The van der Waals surface area contributed by atoms with Gasteiger partial charge in [-0.3, -0.25) is 9.69 Å². The molecule has 0 heterocycles. The normalized spacial score (nSPS) is 10.8. The van der Waals surface area contributed by atoms with Crippen molar-refractivity contribution in [2.24, 2.45) is 0 Å². The Morgan fingerprint density at radius 2 is 1.96 bits per heavy atom. The maximum Gasteiger partial charge on any atom is 0.238 e. The van der Waals surface area contributed by atoms with Gasteiger partial charge >= 0.3 is 0 Å². The van der Waals surface area contributed by atoms with Crippen molar-refractivity contribution in [2.75, 3.05) is 25.5 Å². The van der Waals surface area contributed by atoms with Gasteiger partial charge in [0.15, 0.2) is 11.6 Å². The summed E-state index contributed by atoms with van der Waals surface area (Å²) in [6.45, 7) is 3.03. The van der Waals surface area contributed by atoms with Crippen LogP contribution in [0.25, 0.3) is 0 Å². The number of methoxy groups -OCH3 is 1. The van der Waals surface area contributed by atoms with Crippen molar-refractivity contribution in [3.63, 3.8) is 0 Å². The Morgan fingerprint density at radius 3 is 2.56 bits per heavy atom. The predicted molar refractivity (Wildman–Crippen MR) is 93.9 cm³/mol. The quantitative estimate of drug-likeness (QED) is 0.800. The third-order valence-corrected chi connectivity index (χ3v) is 3.93. The van der Waals surface area contributed by atoms with E-state index in [0.717, 1.165) is 5.56 Å². The zero-order chi connectivity index (χ0) is 18.4. The molecule has 0 radical (unpaired) electrons. The second-order valence-electron chi connectivity index (χ2n) is 5.45. The molecule has 25 heavy (non-hydrogen) atoms. The summed E-state index contributed by atoms with van der Waals surface area (Å²) in [6.07, 6.45) is 0. The maximum atomic E-state index is 13.8. The van der Waals surface area contributed by atoms with Gasteiger partial charge in [-0.25, -0.2) is 8.78 Å². The van der Waals surface area contributed by atoms with E-state index in [4.69, 9.17) is 16.3 Å². The zero-order valence-electron chi connectivity index (χ0n) is 14.0. The van der Waals surface area contributed by atoms with Gasteiger partial charge in [0.2, 0.25) is 5.91 Å². The lowest BCUT2D eigenvalue weighted by Gasteiger charge is -2.20. The molecule has 0 atom stereocenters. The number of hydrogen-bond acceptors (Lipinski definition) is 3. The number of carbonyl (C=O) groups is 1. The standard InChI is InChI=1S/C18H19ClF2N2O2/c1-3-23(10-12-4-7-17(25-2)16(21)8-12)11-18(24)22-13-5-6-15(20)14(19)9-13/h4-9H,3,10-11H2,1-2H3,(H,22,24). The number of ether oxygens (including phenoxy) is 1. The van der Waals surface area contributed by atoms with Crippen LogP contribution in [0.3, 0.4) is 0 Å². The number of nitrogens with one attached hydrogen (secondary N) is 1. The Hall–Kier alpha value is -2.18. The van der Waals surface area contributed by atoms with Gasteiger partial charge in [-0.15, -0.1) is 0 Å². The number of nitrogens with zero attached hydrogens (tertiary/aromatic N) is 1. The fourth-order valence-electron chi connectivity index (χ4n) is 2.32. The molecule has 0 aliphatic rings. The maximum absolute atomic E-state index is 13.8. The van der Waals surface area contributed by atoms with E-state index < -0.39 is 11.6 Å². The molecule has 1 N–H and O–H groups in total. The van der Waals surface area contributed by atoms with Crippen LogP contribution < -0.4 is 10.1 Å². The zero-order valence-corrected chi connectivity index (χ0v) is 14.7. The molecule has 0 saturated carbocycles. The van der Waals surface area contributed by atoms with Gasteiger partial charge in [-0.1, -0.05) is 24.6 Å². The smallest absolute Gasteiger partial charge is 0.238 e. The molecule has 0 aliphatic heterocycles. The summed E-state index contributed by atoms with van der Waals surface area (Å²) in [5.74, 6) is -1.07. The molecule has 134 valence electrons. The molecule has 2 aromatic rings. The average molecular weight is 369 g/mol. The number of carbonyl (C=O) groups excluding carboxylic acids is 1. The predicted octanol–water partition coefficient (Wildman–Crippen LogP) is 4.09. The first-order valence-electron chi connectivity index (χ1n) is 7.72. The first-order valence-corrected chi connectivity index (χ1v) is 8.10. The Bertz CT molecular complexity index is 756. The van der Waals surface area contributed by atoms with Crippen LogP contribution in [0, 0.1) is 11.6 Å². The minimum Gasteiger partial charge on any atom is -0.494 e. The van der Waals surface area contributed by atoms with E-state index in [1.807, 2.05) is 11.8 Å². The van der Waals surface area contributed by atoms with Crippen LogP contribution in [-0.4, -0.2) is 31.0 Å². The highest BCUT2D eigenvalue weighted by Crippen LogP contribution is 2.20. The Labute approximate surface area is 150 Å². The van der Waals surface area contributed by atoms with Gasteiger partial charge in [-0.05, 0) is 42.4 Å². The van der Waals surface area contributed by atoms with Gasteiger partial charge in [0, 0.05) is 12.2 Å². The Balaban J connectivity index is 1.97. The largest absolute Gasteiger partial charge is 0.494 e. The summed E-state index contributed by atoms with van der Waals surface area (Å²) in [6, 6.07) is 8.67. The summed E-state index contributed by atoms with van der Waals surface area (Å²) < 4.78 is 31.8. The lowest BCUT2D eigenvalue weighted by atomic mass is 10.2. The monoisotopic (exact) mass is 368 g/mol. The Morgan fingerprint density at radius 1 is 1.20 bits per heavy atom. The molecular weight excluding hydrogens is 350 g/mol. The van der Waals surface area contributed by atoms with Crippen molar-refractivity contribution in [3.8, 4) is 5.75 Å². The summed E-state index contributed by atoms with van der Waals surface area (Å²) in [7, 11) is 1.41. The molecule has 0 unspecified atom stereocenters. The van der Waals surface area contributed by atoms with Gasteiger partial charge in [-0.2, -0.15) is 0 Å². The van der Waals surface area contributed by atoms with E-state index in [9.17, 15) is 13.6 Å². The van der Waals surface area contributed by atoms with Gasteiger partial charge in [0.05, 0.1) is 18.7 Å². The van der Waals surface area contributed by atoms with Crippen molar-refractivity contribution in [3.05, 3.63) is 58.6 Å². The van der Waals surface area contributed by atoms with E-state index in [1.165, 1.54) is 31.4 Å². The fourth-order valence-corrected chi connectivity index (χ4v) is 2.50. The number of hydrogen-bond donors (Lipinski definition) is 1. The van der Waals surface area contributed by atoms with Crippen LogP contribution in [0.15, 0.2) is 36.4 Å². The van der Waals surface area contributed by atoms with Crippen LogP contribution >= 0.6 is 11.6 Å². The van der Waals surface area contributed by atoms with E-state index in [1.54, 1.807) is 12.1 Å². The van der Waals surface area contributed by atoms with E-state index in [0.29, 0.717) is 18.8 Å². The van der Waals surface area contributed by atoms with Gasteiger partial charge in [0.1, 0.15) is 5.82 Å². The highest BCUT2D eigenvalue weighted by Gasteiger charge is 2.12. The molecule has 2 aromatic carbocycles. The first-order chi connectivity index (χ1) is 11.9. The van der Waals surface area contributed by atoms with E-state index >= 15 is 0 Å². The number of halogens is 3. The molecule has 0 spiro atoms. The summed E-state index contributed by atoms with van der Waals surface area (Å²) in [5, 5.41) is 2.61. The SMILES string of the molecule is CCN(CC(=O)Nc1ccc(F)c(Cl)c1)Cc1ccc(OC)c(F)c1. The molecule has 7 heteroatoms. The average Bonchev–Trinajstić information content (AvgIpc) is 2.57. The summed E-state index contributed by atoms with van der Waals surface area (Å²) >= 11 is 5.69. The third kappa shape index (κ3) is 5.41. The van der Waals surface area contributed by atoms with Crippen molar-refractivity contribution in [1.29, 1.82) is 0 Å². The lowest BCUT2D eigenvalue weighted by Crippen LogP contribution is -2.32. The van der Waals surface area contributed by atoms with Crippen LogP contribution in [0.2, 0.25) is 5.02 Å². The summed E-state index contributed by atoms with van der Waals surface area (Å²) in [5.41, 5.74) is 1.15. The lowest BCUT2D eigenvalue weighted by molar-refractivity contribution is -0.117. The van der Waals surface area contributed by atoms with E-state index in [-0.39, 0.29) is 23.2 Å². The molecule has 0 bridgehead atoms. The minimum atomic E-state index is -0.545. The first kappa shape index (κ1) is 19.1. The van der Waals surface area contributed by atoms with Gasteiger partial charge in [0.25, 0.3) is 0 Å². The molecule has 0 aliphatic carbocycles. The molecular formula is C18H19ClF2N2O2. The van der Waals surface area contributed by atoms with Crippen molar-refractivity contribution < 1.29 is 18.3 Å². The molecule has 0 fully saturated rings. The summed E-state index contributed by atoms with van der Waals surface area (Å²) in [4.78, 5) is 14.0. The molecule has 4 nitrogen and oxygen atoms in total.